The van der Waals surface area contributed by atoms with Crippen molar-refractivity contribution in [3.63, 3.8) is 0 Å². The number of para-hydroxylation sites is 1. The van der Waals surface area contributed by atoms with Crippen LogP contribution in [0.1, 0.15) is 22.3 Å². The molecule has 18 heavy (non-hydrogen) atoms. The molecule has 0 aliphatic carbocycles. The molecule has 0 radical (unpaired) electrons. The first-order valence-corrected chi connectivity index (χ1v) is 6.55. The van der Waals surface area contributed by atoms with E-state index in [1.807, 2.05) is 25.1 Å². The van der Waals surface area contributed by atoms with E-state index < -0.39 is 5.97 Å². The van der Waals surface area contributed by atoms with Crippen LogP contribution in [0, 0.1) is 0 Å². The third-order valence-electron chi connectivity index (χ3n) is 2.34. The summed E-state index contributed by atoms with van der Waals surface area (Å²) in [5.74, 6) is -0.948. The first-order valence-electron chi connectivity index (χ1n) is 5.36. The van der Waals surface area contributed by atoms with Crippen molar-refractivity contribution in [1.82, 2.24) is 4.98 Å². The van der Waals surface area contributed by atoms with Crippen LogP contribution in [-0.2, 0) is 6.42 Å². The van der Waals surface area contributed by atoms with Crippen molar-refractivity contribution in [3.8, 4) is 0 Å². The van der Waals surface area contributed by atoms with Gasteiger partial charge in [-0.25, -0.2) is 9.78 Å². The van der Waals surface area contributed by atoms with Gasteiger partial charge in [-0.2, -0.15) is 0 Å². The first kappa shape index (κ1) is 12.9. The predicted octanol–water partition coefficient (Wildman–Crippen LogP) is 3.80. The molecular weight excluding hydrogens is 272 g/mol. The molecule has 0 bridgehead atoms. The Morgan fingerprint density at radius 1 is 1.50 bits per heavy atom. The van der Waals surface area contributed by atoms with Crippen molar-refractivity contribution in [3.05, 3.63) is 39.9 Å². The molecule has 1 heterocycles. The third kappa shape index (κ3) is 2.63. The summed E-state index contributed by atoms with van der Waals surface area (Å²) in [6, 6.07) is 7.25. The number of aromatic nitrogens is 1. The van der Waals surface area contributed by atoms with Gasteiger partial charge >= 0.3 is 5.97 Å². The summed E-state index contributed by atoms with van der Waals surface area (Å²) < 4.78 is 0. The number of carbonyl (C=O) groups is 1. The van der Waals surface area contributed by atoms with Crippen LogP contribution in [-0.4, -0.2) is 16.1 Å². The van der Waals surface area contributed by atoms with Crippen molar-refractivity contribution in [2.75, 3.05) is 5.32 Å². The number of rotatable bonds is 4. The highest BCUT2D eigenvalue weighted by Crippen LogP contribution is 2.29. The maximum atomic E-state index is 11.0. The number of nitrogens with one attached hydrogen (secondary N) is 1. The van der Waals surface area contributed by atoms with Gasteiger partial charge in [0, 0.05) is 0 Å². The van der Waals surface area contributed by atoms with Crippen molar-refractivity contribution in [2.24, 2.45) is 0 Å². The summed E-state index contributed by atoms with van der Waals surface area (Å²) in [6.45, 7) is 1.88. The van der Waals surface area contributed by atoms with E-state index in [2.05, 4.69) is 10.3 Å². The smallest absolute Gasteiger partial charge is 0.347 e. The van der Waals surface area contributed by atoms with Gasteiger partial charge in [-0.1, -0.05) is 42.0 Å². The number of halogens is 1. The molecular formula is C12H11ClN2O2S. The van der Waals surface area contributed by atoms with Crippen molar-refractivity contribution < 1.29 is 9.90 Å². The molecule has 0 saturated carbocycles. The van der Waals surface area contributed by atoms with E-state index in [4.69, 9.17) is 16.7 Å². The molecule has 1 aromatic carbocycles. The molecule has 94 valence electrons. The number of benzene rings is 1. The SMILES string of the molecule is CCc1nc(Nc2ccccc2Cl)sc1C(=O)O. The lowest BCUT2D eigenvalue weighted by Crippen LogP contribution is -1.97. The third-order valence-corrected chi connectivity index (χ3v) is 3.67. The van der Waals surface area contributed by atoms with E-state index in [1.165, 1.54) is 0 Å². The Bertz CT molecular complexity index is 583. The minimum atomic E-state index is -0.948. The summed E-state index contributed by atoms with van der Waals surface area (Å²) in [5, 5.41) is 13.2. The second-order valence-corrected chi connectivity index (χ2v) is 4.96. The molecule has 0 spiro atoms. The Hall–Kier alpha value is -1.59. The molecule has 1 aromatic heterocycles. The van der Waals surface area contributed by atoms with Crippen LogP contribution in [0.5, 0.6) is 0 Å². The Labute approximate surface area is 113 Å². The Kier molecular flexibility index (Phi) is 3.84. The quantitative estimate of drug-likeness (QED) is 0.895. The number of carboxylic acids is 1. The standard InChI is InChI=1S/C12H11ClN2O2S/c1-2-8-10(11(16)17)18-12(14-8)15-9-6-4-3-5-7(9)13/h3-6H,2H2,1H3,(H,14,15)(H,16,17). The lowest BCUT2D eigenvalue weighted by molar-refractivity contribution is 0.0701. The Morgan fingerprint density at radius 3 is 2.78 bits per heavy atom. The molecule has 0 unspecified atom stereocenters. The van der Waals surface area contributed by atoms with Gasteiger partial charge in [-0.05, 0) is 18.6 Å². The Morgan fingerprint density at radius 2 is 2.22 bits per heavy atom. The maximum Gasteiger partial charge on any atom is 0.347 e. The fourth-order valence-corrected chi connectivity index (χ4v) is 2.58. The summed E-state index contributed by atoms with van der Waals surface area (Å²) >= 11 is 7.13. The van der Waals surface area contributed by atoms with Crippen LogP contribution in [0.2, 0.25) is 5.02 Å². The normalized spacial score (nSPS) is 10.3. The highest BCUT2D eigenvalue weighted by molar-refractivity contribution is 7.17. The molecule has 6 heteroatoms. The van der Waals surface area contributed by atoms with E-state index in [-0.39, 0.29) is 4.88 Å². The number of anilines is 2. The number of thiazole rings is 1. The van der Waals surface area contributed by atoms with E-state index in [0.29, 0.717) is 28.0 Å². The zero-order valence-corrected chi connectivity index (χ0v) is 11.2. The Balaban J connectivity index is 2.30. The second kappa shape index (κ2) is 5.37. The molecule has 2 rings (SSSR count). The van der Waals surface area contributed by atoms with Gasteiger partial charge in [0.1, 0.15) is 4.88 Å². The molecule has 2 N–H and O–H groups in total. The van der Waals surface area contributed by atoms with E-state index in [0.717, 1.165) is 11.3 Å². The van der Waals surface area contributed by atoms with Gasteiger partial charge in [0.15, 0.2) is 5.13 Å². The summed E-state index contributed by atoms with van der Waals surface area (Å²) in [6.07, 6.45) is 0.586. The van der Waals surface area contributed by atoms with Gasteiger partial charge in [0.05, 0.1) is 16.4 Å². The number of hydrogen-bond acceptors (Lipinski definition) is 4. The number of nitrogens with zero attached hydrogens (tertiary/aromatic N) is 1. The first-order chi connectivity index (χ1) is 8.61. The number of hydrogen-bond donors (Lipinski definition) is 2. The van der Waals surface area contributed by atoms with Gasteiger partial charge in [0.2, 0.25) is 0 Å². The highest BCUT2D eigenvalue weighted by Gasteiger charge is 2.16. The van der Waals surface area contributed by atoms with Crippen LogP contribution in [0.15, 0.2) is 24.3 Å². The predicted molar refractivity (Wildman–Crippen MR) is 73.2 cm³/mol. The zero-order chi connectivity index (χ0) is 13.1. The fourth-order valence-electron chi connectivity index (χ4n) is 1.49. The van der Waals surface area contributed by atoms with Gasteiger partial charge < -0.3 is 10.4 Å². The molecule has 2 aromatic rings. The van der Waals surface area contributed by atoms with Crippen molar-refractivity contribution in [1.29, 1.82) is 0 Å². The van der Waals surface area contributed by atoms with Gasteiger partial charge in [-0.3, -0.25) is 0 Å². The second-order valence-electron chi connectivity index (χ2n) is 3.56. The molecule has 0 aliphatic rings. The molecule has 4 nitrogen and oxygen atoms in total. The van der Waals surface area contributed by atoms with Gasteiger partial charge in [-0.15, -0.1) is 0 Å². The number of aryl methyl sites for hydroxylation is 1. The lowest BCUT2D eigenvalue weighted by Gasteiger charge is -2.03. The maximum absolute atomic E-state index is 11.0. The lowest BCUT2D eigenvalue weighted by atomic mass is 10.3. The van der Waals surface area contributed by atoms with E-state index >= 15 is 0 Å². The summed E-state index contributed by atoms with van der Waals surface area (Å²) in [4.78, 5) is 15.6. The summed E-state index contributed by atoms with van der Waals surface area (Å²) in [7, 11) is 0. The largest absolute Gasteiger partial charge is 0.477 e. The minimum absolute atomic E-state index is 0.270. The number of carboxylic acid groups (broad SMARTS) is 1. The molecule has 0 fully saturated rings. The molecule has 0 amide bonds. The van der Waals surface area contributed by atoms with Crippen molar-refractivity contribution >= 4 is 39.7 Å². The zero-order valence-electron chi connectivity index (χ0n) is 9.61. The van der Waals surface area contributed by atoms with Crippen LogP contribution >= 0.6 is 22.9 Å². The molecule has 0 atom stereocenters. The van der Waals surface area contributed by atoms with Gasteiger partial charge in [0.25, 0.3) is 0 Å². The fraction of sp³-hybridized carbons (Fsp3) is 0.167. The minimum Gasteiger partial charge on any atom is -0.477 e. The monoisotopic (exact) mass is 282 g/mol. The van der Waals surface area contributed by atoms with E-state index in [1.54, 1.807) is 6.07 Å². The topological polar surface area (TPSA) is 62.2 Å². The van der Waals surface area contributed by atoms with E-state index in [9.17, 15) is 4.79 Å². The van der Waals surface area contributed by atoms with Crippen molar-refractivity contribution in [2.45, 2.75) is 13.3 Å². The molecule has 0 aliphatic heterocycles. The van der Waals surface area contributed by atoms with Crippen LogP contribution in [0.4, 0.5) is 10.8 Å². The number of aromatic carboxylic acids is 1. The highest BCUT2D eigenvalue weighted by atomic mass is 35.5. The van der Waals surface area contributed by atoms with Crippen LogP contribution in [0.25, 0.3) is 0 Å². The average molecular weight is 283 g/mol. The van der Waals surface area contributed by atoms with Crippen LogP contribution < -0.4 is 5.32 Å². The van der Waals surface area contributed by atoms with Crippen LogP contribution in [0.3, 0.4) is 0 Å². The molecule has 0 saturated heterocycles. The summed E-state index contributed by atoms with van der Waals surface area (Å²) in [5.41, 5.74) is 1.30. The average Bonchev–Trinajstić information content (AvgIpc) is 2.75.